The molecule has 2 aromatic heterocycles. The molecule has 1 atom stereocenters. The van der Waals surface area contributed by atoms with Crippen molar-refractivity contribution in [1.82, 2.24) is 4.57 Å². The molecular formula is C29H18N2OS. The van der Waals surface area contributed by atoms with Crippen LogP contribution in [0.3, 0.4) is 0 Å². The van der Waals surface area contributed by atoms with Gasteiger partial charge in [0, 0.05) is 26.4 Å². The molecule has 33 heavy (non-hydrogen) atoms. The quantitative estimate of drug-likeness (QED) is 0.276. The zero-order chi connectivity index (χ0) is 21.5. The van der Waals surface area contributed by atoms with Crippen molar-refractivity contribution in [3.63, 3.8) is 0 Å². The van der Waals surface area contributed by atoms with E-state index in [1.165, 1.54) is 48.2 Å². The number of nitrogens with one attached hydrogen (secondary N) is 1. The molecule has 0 saturated heterocycles. The highest BCUT2D eigenvalue weighted by atomic mass is 32.2. The van der Waals surface area contributed by atoms with Crippen LogP contribution in [0.5, 0.6) is 0 Å². The molecule has 3 nitrogen and oxygen atoms in total. The minimum absolute atomic E-state index is 0.0582. The summed E-state index contributed by atoms with van der Waals surface area (Å²) in [6.45, 7) is 0. The van der Waals surface area contributed by atoms with Crippen LogP contribution in [0.25, 0.3) is 54.5 Å². The highest BCUT2D eigenvalue weighted by Gasteiger charge is 2.29. The van der Waals surface area contributed by atoms with Crippen LogP contribution in [-0.2, 0) is 0 Å². The maximum Gasteiger partial charge on any atom is 0.157 e. The number of fused-ring (bicyclic) bond motifs is 9. The molecule has 5 aromatic carbocycles. The van der Waals surface area contributed by atoms with Crippen LogP contribution in [0.1, 0.15) is 5.50 Å². The number of furan rings is 1. The molecule has 0 spiro atoms. The first-order valence-corrected chi connectivity index (χ1v) is 12.0. The van der Waals surface area contributed by atoms with Gasteiger partial charge in [0.05, 0.1) is 16.7 Å². The van der Waals surface area contributed by atoms with E-state index in [1.807, 2.05) is 23.9 Å². The molecule has 0 saturated carbocycles. The summed E-state index contributed by atoms with van der Waals surface area (Å²) < 4.78 is 8.60. The number of hydrogen-bond donors (Lipinski definition) is 1. The van der Waals surface area contributed by atoms with Gasteiger partial charge in [-0.3, -0.25) is 0 Å². The van der Waals surface area contributed by atoms with E-state index in [4.69, 9.17) is 4.42 Å². The zero-order valence-corrected chi connectivity index (χ0v) is 18.4. The average molecular weight is 443 g/mol. The normalized spacial score (nSPS) is 15.7. The summed E-state index contributed by atoms with van der Waals surface area (Å²) in [5.74, 6) is 0. The van der Waals surface area contributed by atoms with Gasteiger partial charge in [0.1, 0.15) is 11.2 Å². The van der Waals surface area contributed by atoms with Gasteiger partial charge in [0.25, 0.3) is 0 Å². The number of hydrogen-bond acceptors (Lipinski definition) is 3. The molecule has 7 aromatic rings. The van der Waals surface area contributed by atoms with Gasteiger partial charge < -0.3 is 14.3 Å². The van der Waals surface area contributed by atoms with Crippen LogP contribution in [0.2, 0.25) is 0 Å². The third kappa shape index (κ3) is 2.36. The number of nitrogens with zero attached hydrogens (tertiary/aromatic N) is 1. The Hall–Kier alpha value is -3.89. The van der Waals surface area contributed by atoms with E-state index in [-0.39, 0.29) is 5.50 Å². The van der Waals surface area contributed by atoms with Crippen molar-refractivity contribution < 1.29 is 4.42 Å². The van der Waals surface area contributed by atoms with Crippen LogP contribution in [0.4, 0.5) is 5.69 Å². The Morgan fingerprint density at radius 2 is 1.42 bits per heavy atom. The van der Waals surface area contributed by atoms with Gasteiger partial charge in [-0.05, 0) is 47.2 Å². The highest BCUT2D eigenvalue weighted by Crippen LogP contribution is 2.51. The molecule has 1 N–H and O–H groups in total. The summed E-state index contributed by atoms with van der Waals surface area (Å²) in [5, 5.41) is 11.3. The van der Waals surface area contributed by atoms with Crippen LogP contribution < -0.4 is 5.32 Å². The van der Waals surface area contributed by atoms with Gasteiger partial charge in [0.15, 0.2) is 5.50 Å². The Morgan fingerprint density at radius 1 is 0.667 bits per heavy atom. The molecular weight excluding hydrogens is 424 g/mol. The zero-order valence-electron chi connectivity index (χ0n) is 17.6. The number of rotatable bonds is 1. The molecule has 1 unspecified atom stereocenters. The van der Waals surface area contributed by atoms with Gasteiger partial charge >= 0.3 is 0 Å². The molecule has 8 rings (SSSR count). The first-order chi connectivity index (χ1) is 16.3. The highest BCUT2D eigenvalue weighted by molar-refractivity contribution is 8.00. The SMILES string of the molecule is c1ccc2cc3c(cc2c1)c1ccccc1n3C1Nc2ccc3oc4ccccc4c3c2S1. The number of para-hydroxylation sites is 2. The second kappa shape index (κ2) is 6.33. The Labute approximate surface area is 193 Å². The summed E-state index contributed by atoms with van der Waals surface area (Å²) in [6, 6.07) is 34.6. The number of aromatic nitrogens is 1. The Morgan fingerprint density at radius 3 is 2.33 bits per heavy atom. The maximum atomic E-state index is 6.14. The first kappa shape index (κ1) is 17.6. The smallest absolute Gasteiger partial charge is 0.157 e. The second-order valence-electron chi connectivity index (χ2n) is 8.63. The van der Waals surface area contributed by atoms with E-state index >= 15 is 0 Å². The fourth-order valence-corrected chi connectivity index (χ4v) is 6.67. The minimum atomic E-state index is 0.0582. The molecule has 4 heteroatoms. The summed E-state index contributed by atoms with van der Waals surface area (Å²) >= 11 is 1.87. The number of thioether (sulfide) groups is 1. The monoisotopic (exact) mass is 442 g/mol. The number of anilines is 1. The Bertz CT molecular complexity index is 1900. The Kier molecular flexibility index (Phi) is 3.39. The van der Waals surface area contributed by atoms with E-state index in [9.17, 15) is 0 Å². The predicted octanol–water partition coefficient (Wildman–Crippen LogP) is 8.52. The van der Waals surface area contributed by atoms with Crippen molar-refractivity contribution in [3.8, 4) is 0 Å². The Balaban J connectivity index is 1.39. The summed E-state index contributed by atoms with van der Waals surface area (Å²) in [5.41, 5.74) is 5.60. The fraction of sp³-hybridized carbons (Fsp3) is 0.0345. The van der Waals surface area contributed by atoms with Gasteiger partial charge in [-0.25, -0.2) is 0 Å². The summed E-state index contributed by atoms with van der Waals surface area (Å²) in [7, 11) is 0. The molecule has 0 bridgehead atoms. The van der Waals surface area contributed by atoms with E-state index in [0.717, 1.165) is 16.9 Å². The van der Waals surface area contributed by atoms with Crippen molar-refractivity contribution in [2.24, 2.45) is 0 Å². The summed E-state index contributed by atoms with van der Waals surface area (Å²) in [6.07, 6.45) is 0. The third-order valence-electron chi connectivity index (χ3n) is 6.82. The van der Waals surface area contributed by atoms with Crippen LogP contribution in [-0.4, -0.2) is 4.57 Å². The van der Waals surface area contributed by atoms with Crippen LogP contribution >= 0.6 is 11.8 Å². The van der Waals surface area contributed by atoms with Crippen LogP contribution in [0, 0.1) is 0 Å². The lowest BCUT2D eigenvalue weighted by molar-refractivity contribution is 0.668. The molecule has 0 radical (unpaired) electrons. The minimum Gasteiger partial charge on any atom is -0.456 e. The van der Waals surface area contributed by atoms with Crippen molar-refractivity contribution in [1.29, 1.82) is 0 Å². The molecule has 1 aliphatic heterocycles. The van der Waals surface area contributed by atoms with Crippen LogP contribution in [0.15, 0.2) is 106 Å². The maximum absolute atomic E-state index is 6.14. The average Bonchev–Trinajstić information content (AvgIpc) is 3.53. The molecule has 3 heterocycles. The van der Waals surface area contributed by atoms with Gasteiger partial charge in [-0.1, -0.05) is 72.4 Å². The van der Waals surface area contributed by atoms with E-state index in [1.54, 1.807) is 0 Å². The first-order valence-electron chi connectivity index (χ1n) is 11.1. The second-order valence-corrected chi connectivity index (χ2v) is 9.72. The standard InChI is InChI=1S/C29H18N2OS/c1-2-8-18-16-24-21(15-17(18)7-1)19-9-3-5-11-23(19)31(24)29-30-22-13-14-26-27(28(22)33-29)20-10-4-6-12-25(20)32-26/h1-16,29-30H. The van der Waals surface area contributed by atoms with Gasteiger partial charge in [-0.15, -0.1) is 0 Å². The molecule has 156 valence electrons. The van der Waals surface area contributed by atoms with Crippen molar-refractivity contribution >= 4 is 72.0 Å². The van der Waals surface area contributed by atoms with E-state index in [2.05, 4.69) is 94.8 Å². The van der Waals surface area contributed by atoms with E-state index in [0.29, 0.717) is 0 Å². The molecule has 1 aliphatic rings. The summed E-state index contributed by atoms with van der Waals surface area (Å²) in [4.78, 5) is 1.26. The van der Waals surface area contributed by atoms with Gasteiger partial charge in [0.2, 0.25) is 0 Å². The molecule has 0 aliphatic carbocycles. The molecule has 0 fully saturated rings. The fourth-order valence-electron chi connectivity index (χ4n) is 5.35. The van der Waals surface area contributed by atoms with Crippen molar-refractivity contribution in [3.05, 3.63) is 97.1 Å². The van der Waals surface area contributed by atoms with E-state index < -0.39 is 0 Å². The van der Waals surface area contributed by atoms with Crippen molar-refractivity contribution in [2.75, 3.05) is 5.32 Å². The number of benzene rings is 5. The lowest BCUT2D eigenvalue weighted by Gasteiger charge is -2.16. The topological polar surface area (TPSA) is 30.1 Å². The lowest BCUT2D eigenvalue weighted by Crippen LogP contribution is -2.10. The largest absolute Gasteiger partial charge is 0.456 e. The lowest BCUT2D eigenvalue weighted by atomic mass is 10.1. The third-order valence-corrected chi connectivity index (χ3v) is 8.03. The van der Waals surface area contributed by atoms with Gasteiger partial charge in [-0.2, -0.15) is 0 Å². The molecule has 0 amide bonds. The van der Waals surface area contributed by atoms with Crippen molar-refractivity contribution in [2.45, 2.75) is 10.4 Å². The predicted molar refractivity (Wildman–Crippen MR) is 139 cm³/mol.